The van der Waals surface area contributed by atoms with E-state index < -0.39 is 0 Å². The molecule has 2 unspecified atom stereocenters. The van der Waals surface area contributed by atoms with E-state index in [1.165, 1.54) is 30.8 Å². The van der Waals surface area contributed by atoms with Crippen LogP contribution in [0.25, 0.3) is 0 Å². The SMILES string of the molecule is CCCSCC1OC1CCC. The van der Waals surface area contributed by atoms with Gasteiger partial charge < -0.3 is 4.74 Å². The molecule has 0 aromatic heterocycles. The van der Waals surface area contributed by atoms with Gasteiger partial charge in [-0.05, 0) is 18.6 Å². The van der Waals surface area contributed by atoms with Crippen molar-refractivity contribution < 1.29 is 4.74 Å². The first-order chi connectivity index (χ1) is 5.38. The third kappa shape index (κ3) is 3.48. The molecule has 1 aliphatic rings. The van der Waals surface area contributed by atoms with Gasteiger partial charge in [0, 0.05) is 5.75 Å². The van der Waals surface area contributed by atoms with Crippen LogP contribution < -0.4 is 0 Å². The van der Waals surface area contributed by atoms with Crippen molar-refractivity contribution in [3.05, 3.63) is 0 Å². The highest BCUT2D eigenvalue weighted by Crippen LogP contribution is 2.29. The number of hydrogen-bond donors (Lipinski definition) is 0. The summed E-state index contributed by atoms with van der Waals surface area (Å²) in [6.45, 7) is 4.45. The Labute approximate surface area is 73.9 Å². The van der Waals surface area contributed by atoms with Gasteiger partial charge in [-0.1, -0.05) is 20.3 Å². The van der Waals surface area contributed by atoms with E-state index in [1.807, 2.05) is 11.8 Å². The highest BCUT2D eigenvalue weighted by molar-refractivity contribution is 7.99. The number of hydrogen-bond acceptors (Lipinski definition) is 2. The van der Waals surface area contributed by atoms with Crippen molar-refractivity contribution in [2.45, 2.75) is 45.3 Å². The molecule has 0 amide bonds. The van der Waals surface area contributed by atoms with Crippen LogP contribution >= 0.6 is 11.8 Å². The molecule has 11 heavy (non-hydrogen) atoms. The van der Waals surface area contributed by atoms with Crippen molar-refractivity contribution in [2.24, 2.45) is 0 Å². The quantitative estimate of drug-likeness (QED) is 0.453. The summed E-state index contributed by atoms with van der Waals surface area (Å²) in [6.07, 6.45) is 5.03. The highest BCUT2D eigenvalue weighted by atomic mass is 32.2. The van der Waals surface area contributed by atoms with Gasteiger partial charge in [0.15, 0.2) is 0 Å². The summed E-state index contributed by atoms with van der Waals surface area (Å²) < 4.78 is 5.48. The second kappa shape index (κ2) is 5.04. The standard InChI is InChI=1S/C9H18OS/c1-3-5-8-9(10-8)7-11-6-4-2/h8-9H,3-7H2,1-2H3. The monoisotopic (exact) mass is 174 g/mol. The molecule has 0 aromatic carbocycles. The van der Waals surface area contributed by atoms with E-state index >= 15 is 0 Å². The van der Waals surface area contributed by atoms with Gasteiger partial charge in [0.05, 0.1) is 12.2 Å². The molecular weight excluding hydrogens is 156 g/mol. The van der Waals surface area contributed by atoms with Crippen LogP contribution in [0, 0.1) is 0 Å². The number of thioether (sulfide) groups is 1. The molecule has 1 saturated heterocycles. The summed E-state index contributed by atoms with van der Waals surface area (Å²) in [6, 6.07) is 0. The summed E-state index contributed by atoms with van der Waals surface area (Å²) in [4.78, 5) is 0. The summed E-state index contributed by atoms with van der Waals surface area (Å²) in [5.74, 6) is 2.51. The van der Waals surface area contributed by atoms with Crippen LogP contribution in [-0.2, 0) is 4.74 Å². The fraction of sp³-hybridized carbons (Fsp3) is 1.00. The van der Waals surface area contributed by atoms with Crippen molar-refractivity contribution in [1.29, 1.82) is 0 Å². The van der Waals surface area contributed by atoms with Gasteiger partial charge in [-0.3, -0.25) is 0 Å². The third-order valence-electron chi connectivity index (χ3n) is 1.89. The molecular formula is C9H18OS. The molecule has 0 aliphatic carbocycles. The average molecular weight is 174 g/mol. The van der Waals surface area contributed by atoms with Crippen molar-refractivity contribution in [2.75, 3.05) is 11.5 Å². The molecule has 1 rings (SSSR count). The number of ether oxygens (including phenoxy) is 1. The lowest BCUT2D eigenvalue weighted by atomic mass is 10.2. The molecule has 2 atom stereocenters. The van der Waals surface area contributed by atoms with Gasteiger partial charge in [0.1, 0.15) is 0 Å². The zero-order chi connectivity index (χ0) is 8.10. The van der Waals surface area contributed by atoms with Gasteiger partial charge in [0.2, 0.25) is 0 Å². The van der Waals surface area contributed by atoms with Crippen LogP contribution in [0.2, 0.25) is 0 Å². The Morgan fingerprint density at radius 2 is 2.00 bits per heavy atom. The van der Waals surface area contributed by atoms with Gasteiger partial charge in [-0.15, -0.1) is 0 Å². The molecule has 0 spiro atoms. The lowest BCUT2D eigenvalue weighted by Crippen LogP contribution is -1.97. The minimum atomic E-state index is 0.603. The van der Waals surface area contributed by atoms with E-state index in [4.69, 9.17) is 4.74 Å². The predicted molar refractivity (Wildman–Crippen MR) is 51.2 cm³/mol. The molecule has 1 aliphatic heterocycles. The topological polar surface area (TPSA) is 12.5 Å². The first-order valence-electron chi connectivity index (χ1n) is 4.61. The second-order valence-corrected chi connectivity index (χ2v) is 4.23. The van der Waals surface area contributed by atoms with Crippen molar-refractivity contribution >= 4 is 11.8 Å². The van der Waals surface area contributed by atoms with E-state index in [0.29, 0.717) is 12.2 Å². The average Bonchev–Trinajstić information content (AvgIpc) is 2.70. The maximum atomic E-state index is 5.48. The van der Waals surface area contributed by atoms with Crippen LogP contribution in [0.3, 0.4) is 0 Å². The molecule has 0 radical (unpaired) electrons. The van der Waals surface area contributed by atoms with Gasteiger partial charge in [-0.2, -0.15) is 11.8 Å². The lowest BCUT2D eigenvalue weighted by molar-refractivity contribution is 0.371. The molecule has 0 aromatic rings. The van der Waals surface area contributed by atoms with Crippen LogP contribution in [0.5, 0.6) is 0 Å². The fourth-order valence-electron chi connectivity index (χ4n) is 1.21. The first kappa shape index (κ1) is 9.40. The minimum absolute atomic E-state index is 0.603. The fourth-order valence-corrected chi connectivity index (χ4v) is 2.19. The van der Waals surface area contributed by atoms with Gasteiger partial charge in [0.25, 0.3) is 0 Å². The Bertz CT molecular complexity index is 106. The van der Waals surface area contributed by atoms with Crippen LogP contribution in [0.1, 0.15) is 33.1 Å². The smallest absolute Gasteiger partial charge is 0.0931 e. The number of epoxide rings is 1. The second-order valence-electron chi connectivity index (χ2n) is 3.08. The normalized spacial score (nSPS) is 28.9. The molecule has 0 bridgehead atoms. The number of rotatable bonds is 6. The maximum Gasteiger partial charge on any atom is 0.0931 e. The summed E-state index contributed by atoms with van der Waals surface area (Å²) in [5, 5.41) is 0. The van der Waals surface area contributed by atoms with E-state index in [1.54, 1.807) is 0 Å². The summed E-state index contributed by atoms with van der Waals surface area (Å²) >= 11 is 2.03. The Morgan fingerprint density at radius 3 is 2.64 bits per heavy atom. The van der Waals surface area contributed by atoms with Crippen molar-refractivity contribution in [3.63, 3.8) is 0 Å². The Hall–Kier alpha value is 0.310. The van der Waals surface area contributed by atoms with E-state index in [0.717, 1.165) is 0 Å². The molecule has 66 valence electrons. The van der Waals surface area contributed by atoms with Gasteiger partial charge >= 0.3 is 0 Å². The van der Waals surface area contributed by atoms with E-state index in [9.17, 15) is 0 Å². The first-order valence-corrected chi connectivity index (χ1v) is 5.77. The molecule has 1 nitrogen and oxygen atoms in total. The molecule has 1 heterocycles. The minimum Gasteiger partial charge on any atom is -0.369 e. The van der Waals surface area contributed by atoms with E-state index in [-0.39, 0.29) is 0 Å². The molecule has 0 saturated carbocycles. The third-order valence-corrected chi connectivity index (χ3v) is 3.15. The predicted octanol–water partition coefficient (Wildman–Crippen LogP) is 2.70. The van der Waals surface area contributed by atoms with Crippen LogP contribution in [-0.4, -0.2) is 23.7 Å². The maximum absolute atomic E-state index is 5.48. The molecule has 2 heteroatoms. The summed E-state index contributed by atoms with van der Waals surface area (Å²) in [7, 11) is 0. The Morgan fingerprint density at radius 1 is 1.18 bits per heavy atom. The van der Waals surface area contributed by atoms with Crippen molar-refractivity contribution in [3.8, 4) is 0 Å². The molecule has 1 fully saturated rings. The zero-order valence-corrected chi connectivity index (χ0v) is 8.32. The Balaban J connectivity index is 1.87. The summed E-state index contributed by atoms with van der Waals surface area (Å²) in [5.41, 5.74) is 0. The molecule has 0 N–H and O–H groups in total. The lowest BCUT2D eigenvalue weighted by Gasteiger charge is -1.93. The van der Waals surface area contributed by atoms with E-state index in [2.05, 4.69) is 13.8 Å². The zero-order valence-electron chi connectivity index (χ0n) is 7.51. The highest BCUT2D eigenvalue weighted by Gasteiger charge is 2.36. The Kier molecular flexibility index (Phi) is 4.31. The van der Waals surface area contributed by atoms with Crippen LogP contribution in [0.4, 0.5) is 0 Å². The largest absolute Gasteiger partial charge is 0.369 e. The van der Waals surface area contributed by atoms with Gasteiger partial charge in [-0.25, -0.2) is 0 Å². The van der Waals surface area contributed by atoms with Crippen LogP contribution in [0.15, 0.2) is 0 Å². The van der Waals surface area contributed by atoms with Crippen molar-refractivity contribution in [1.82, 2.24) is 0 Å².